The van der Waals surface area contributed by atoms with Crippen molar-refractivity contribution in [2.75, 3.05) is 0 Å². The monoisotopic (exact) mass is 477 g/mol. The first-order valence-electron chi connectivity index (χ1n) is 11.8. The summed E-state index contributed by atoms with van der Waals surface area (Å²) in [6, 6.07) is 0. The topological polar surface area (TPSA) is 0 Å². The average molecular weight is 478 g/mol. The van der Waals surface area contributed by atoms with Crippen molar-refractivity contribution in [3.8, 4) is 0 Å². The van der Waals surface area contributed by atoms with Gasteiger partial charge >= 0.3 is 0 Å². The van der Waals surface area contributed by atoms with Crippen LogP contribution in [0.1, 0.15) is 136 Å². The van der Waals surface area contributed by atoms with Crippen molar-refractivity contribution in [2.24, 2.45) is 17.8 Å². The summed E-state index contributed by atoms with van der Waals surface area (Å²) in [5.74, 6) is 3.33. The molecule has 147 valence electrons. The van der Waals surface area contributed by atoms with Gasteiger partial charge in [0.05, 0.1) is 0 Å². The molecule has 0 amide bonds. The molecule has 0 aliphatic heterocycles. The fourth-order valence-corrected chi connectivity index (χ4v) is 5.12. The van der Waals surface area contributed by atoms with Gasteiger partial charge in [-0.1, -0.05) is 136 Å². The number of hydrogen-bond donors (Lipinski definition) is 0. The summed E-state index contributed by atoms with van der Waals surface area (Å²) >= 11 is 0. The first-order chi connectivity index (χ1) is 11.8. The van der Waals surface area contributed by atoms with Gasteiger partial charge in [0.2, 0.25) is 0 Å². The van der Waals surface area contributed by atoms with Crippen molar-refractivity contribution in [2.45, 2.75) is 136 Å². The van der Waals surface area contributed by atoms with Crippen LogP contribution in [0.4, 0.5) is 0 Å². The Balaban J connectivity index is 0.000000339. The van der Waals surface area contributed by atoms with Crippen molar-refractivity contribution in [3.05, 3.63) is 0 Å². The summed E-state index contributed by atoms with van der Waals surface area (Å²) < 4.78 is 0. The number of hydrogen-bond acceptors (Lipinski definition) is 0. The molecule has 0 heterocycles. The predicted molar refractivity (Wildman–Crippen MR) is 111 cm³/mol. The predicted octanol–water partition coefficient (Wildman–Crippen LogP) is 8.93. The standard InChI is InChI=1S/3C8H16.Pr/c3*1-2-5-8-6-3-4-7-8;/h3*8H,2-7H2,1H3;. The normalized spacial score (nSPS) is 21.2. The molecule has 0 aromatic carbocycles. The molecule has 3 aliphatic carbocycles. The van der Waals surface area contributed by atoms with E-state index in [0.717, 1.165) is 17.8 Å². The smallest absolute Gasteiger partial charge is 0 e. The van der Waals surface area contributed by atoms with E-state index in [4.69, 9.17) is 0 Å². The van der Waals surface area contributed by atoms with Gasteiger partial charge in [-0.3, -0.25) is 0 Å². The third-order valence-corrected chi connectivity index (χ3v) is 6.52. The molecule has 0 nitrogen and oxygen atoms in total. The second-order valence-electron chi connectivity index (χ2n) is 8.82. The fraction of sp³-hybridized carbons (Fsp3) is 1.00. The molecule has 0 atom stereocenters. The van der Waals surface area contributed by atoms with Gasteiger partial charge in [-0.15, -0.1) is 0 Å². The van der Waals surface area contributed by atoms with E-state index in [9.17, 15) is 0 Å². The third kappa shape index (κ3) is 14.1. The third-order valence-electron chi connectivity index (χ3n) is 6.52. The molecule has 0 N–H and O–H groups in total. The Hall–Kier alpha value is 1.36. The van der Waals surface area contributed by atoms with Gasteiger partial charge in [0, 0.05) is 41.3 Å². The summed E-state index contributed by atoms with van der Waals surface area (Å²) in [5, 5.41) is 0. The van der Waals surface area contributed by atoms with Gasteiger partial charge in [-0.2, -0.15) is 0 Å². The maximum Gasteiger partial charge on any atom is 0 e. The fourth-order valence-electron chi connectivity index (χ4n) is 5.12. The van der Waals surface area contributed by atoms with Crippen molar-refractivity contribution in [3.63, 3.8) is 0 Å². The largest absolute Gasteiger partial charge is 0.0654 e. The van der Waals surface area contributed by atoms with E-state index in [1.165, 1.54) is 116 Å². The molecular weight excluding hydrogens is 429 g/mol. The quantitative estimate of drug-likeness (QED) is 0.358. The first-order valence-corrected chi connectivity index (χ1v) is 11.8. The molecule has 0 saturated heterocycles. The van der Waals surface area contributed by atoms with Crippen LogP contribution in [0.25, 0.3) is 0 Å². The number of rotatable bonds is 6. The molecule has 3 fully saturated rings. The average Bonchev–Trinajstić information content (AvgIpc) is 3.33. The molecule has 0 spiro atoms. The Kier molecular flexibility index (Phi) is 19.7. The molecule has 0 aromatic rings. The molecule has 0 bridgehead atoms. The van der Waals surface area contributed by atoms with Crippen molar-refractivity contribution >= 4 is 0 Å². The molecule has 3 saturated carbocycles. The van der Waals surface area contributed by atoms with E-state index < -0.39 is 0 Å². The van der Waals surface area contributed by atoms with E-state index in [0.29, 0.717) is 0 Å². The Bertz CT molecular complexity index is 202. The van der Waals surface area contributed by atoms with Gasteiger partial charge in [0.15, 0.2) is 0 Å². The van der Waals surface area contributed by atoms with Crippen molar-refractivity contribution < 1.29 is 41.3 Å². The Morgan fingerprint density at radius 1 is 0.440 bits per heavy atom. The van der Waals surface area contributed by atoms with E-state index in [1.54, 1.807) is 0 Å². The Morgan fingerprint density at radius 2 is 0.640 bits per heavy atom. The van der Waals surface area contributed by atoms with Crippen LogP contribution in [0.3, 0.4) is 0 Å². The van der Waals surface area contributed by atoms with Gasteiger partial charge in [0.1, 0.15) is 0 Å². The molecule has 0 unspecified atom stereocenters. The second-order valence-corrected chi connectivity index (χ2v) is 8.82. The van der Waals surface area contributed by atoms with Gasteiger partial charge in [-0.25, -0.2) is 0 Å². The van der Waals surface area contributed by atoms with Gasteiger partial charge < -0.3 is 0 Å². The van der Waals surface area contributed by atoms with Crippen LogP contribution in [-0.4, -0.2) is 0 Å². The minimum Gasteiger partial charge on any atom is -0.0654 e. The zero-order valence-electron chi connectivity index (χ0n) is 18.0. The van der Waals surface area contributed by atoms with Crippen LogP contribution in [0.2, 0.25) is 0 Å². The van der Waals surface area contributed by atoms with Crippen LogP contribution in [0, 0.1) is 59.0 Å². The van der Waals surface area contributed by atoms with Crippen LogP contribution < -0.4 is 0 Å². The molecule has 25 heavy (non-hydrogen) atoms. The summed E-state index contributed by atoms with van der Waals surface area (Å²) in [4.78, 5) is 0. The zero-order chi connectivity index (χ0) is 17.5. The van der Waals surface area contributed by atoms with Crippen LogP contribution >= 0.6 is 0 Å². The van der Waals surface area contributed by atoms with E-state index in [2.05, 4.69) is 20.8 Å². The maximum atomic E-state index is 2.29. The van der Waals surface area contributed by atoms with E-state index in [-0.39, 0.29) is 41.3 Å². The maximum absolute atomic E-state index is 2.29. The Morgan fingerprint density at radius 3 is 0.800 bits per heavy atom. The van der Waals surface area contributed by atoms with E-state index >= 15 is 0 Å². The first kappa shape index (κ1) is 26.4. The summed E-state index contributed by atoms with van der Waals surface area (Å²) in [6.07, 6.45) is 26.8. The van der Waals surface area contributed by atoms with Gasteiger partial charge in [0.25, 0.3) is 0 Å². The Labute approximate surface area is 194 Å². The summed E-state index contributed by atoms with van der Waals surface area (Å²) in [7, 11) is 0. The van der Waals surface area contributed by atoms with Gasteiger partial charge in [-0.05, 0) is 17.8 Å². The molecule has 3 aliphatic rings. The van der Waals surface area contributed by atoms with Crippen LogP contribution in [0.15, 0.2) is 0 Å². The van der Waals surface area contributed by atoms with Crippen LogP contribution in [-0.2, 0) is 0 Å². The second kappa shape index (κ2) is 18.7. The van der Waals surface area contributed by atoms with Crippen LogP contribution in [0.5, 0.6) is 0 Å². The van der Waals surface area contributed by atoms with E-state index in [1.807, 2.05) is 0 Å². The molecular formula is C24H48Pr. The SMILES string of the molecule is CCCC1CCCC1.CCCC1CCCC1.CCCC1CCCC1.[Pr]. The minimum atomic E-state index is 0. The molecule has 1 radical (unpaired) electrons. The van der Waals surface area contributed by atoms with Crippen molar-refractivity contribution in [1.82, 2.24) is 0 Å². The minimum absolute atomic E-state index is 0. The molecule has 0 aromatic heterocycles. The summed E-state index contributed by atoms with van der Waals surface area (Å²) in [5.41, 5.74) is 0. The van der Waals surface area contributed by atoms with Crippen molar-refractivity contribution in [1.29, 1.82) is 0 Å². The zero-order valence-corrected chi connectivity index (χ0v) is 21.7. The molecule has 1 heteroatoms. The summed E-state index contributed by atoms with van der Waals surface area (Å²) in [6.45, 7) is 6.87. The molecule has 3 rings (SSSR count).